The monoisotopic (exact) mass is 307 g/mol. The van der Waals surface area contributed by atoms with Gasteiger partial charge < -0.3 is 15.5 Å². The summed E-state index contributed by atoms with van der Waals surface area (Å²) in [6, 6.07) is 8.14. The molecule has 21 heavy (non-hydrogen) atoms. The summed E-state index contributed by atoms with van der Waals surface area (Å²) in [5.74, 6) is 0. The maximum Gasteiger partial charge on any atom is 0.322 e. The van der Waals surface area contributed by atoms with Gasteiger partial charge in [0.25, 0.3) is 0 Å². The second-order valence-corrected chi connectivity index (χ2v) is 6.41. The minimum absolute atomic E-state index is 0.00728. The Labute approximate surface area is 130 Å². The molecule has 2 N–H and O–H groups in total. The van der Waals surface area contributed by atoms with Crippen LogP contribution in [-0.4, -0.2) is 36.1 Å². The zero-order valence-corrected chi connectivity index (χ0v) is 12.9. The minimum atomic E-state index is -0.00728. The molecule has 0 bridgehead atoms. The van der Waals surface area contributed by atoms with E-state index in [2.05, 4.69) is 10.6 Å². The van der Waals surface area contributed by atoms with Crippen LogP contribution in [0.5, 0.6) is 0 Å². The molecule has 1 saturated heterocycles. The van der Waals surface area contributed by atoms with Crippen molar-refractivity contribution in [3.8, 4) is 0 Å². The molecule has 0 aromatic heterocycles. The number of amides is 2. The van der Waals surface area contributed by atoms with Crippen LogP contribution in [0, 0.1) is 0 Å². The number of hydrogen-bond acceptors (Lipinski definition) is 2. The Bertz CT molecular complexity index is 498. The van der Waals surface area contributed by atoms with E-state index in [1.807, 2.05) is 23.1 Å². The van der Waals surface area contributed by atoms with E-state index in [0.717, 1.165) is 38.0 Å². The summed E-state index contributed by atoms with van der Waals surface area (Å²) in [6.07, 6.45) is 5.90. The van der Waals surface area contributed by atoms with E-state index in [0.29, 0.717) is 17.1 Å². The minimum Gasteiger partial charge on any atom is -0.320 e. The SMILES string of the molecule is O=C(Nc1cccc(Cl)c1)N(CC1CCCCN1)C1CC1. The highest BCUT2D eigenvalue weighted by Gasteiger charge is 2.34. The summed E-state index contributed by atoms with van der Waals surface area (Å²) in [5, 5.41) is 7.12. The van der Waals surface area contributed by atoms with Gasteiger partial charge in [0.2, 0.25) is 0 Å². The molecule has 1 atom stereocenters. The molecule has 1 aliphatic carbocycles. The first kappa shape index (κ1) is 14.7. The lowest BCUT2D eigenvalue weighted by molar-refractivity contribution is 0.196. The van der Waals surface area contributed by atoms with Crippen LogP contribution in [0.15, 0.2) is 24.3 Å². The summed E-state index contributed by atoms with van der Waals surface area (Å²) < 4.78 is 0. The average Bonchev–Trinajstić information content (AvgIpc) is 3.30. The number of urea groups is 1. The number of carbonyl (C=O) groups is 1. The van der Waals surface area contributed by atoms with Crippen LogP contribution in [-0.2, 0) is 0 Å². The number of benzene rings is 1. The number of nitrogens with zero attached hydrogens (tertiary/aromatic N) is 1. The molecule has 1 unspecified atom stereocenters. The zero-order chi connectivity index (χ0) is 14.7. The first-order valence-electron chi connectivity index (χ1n) is 7.79. The number of piperidine rings is 1. The number of carbonyl (C=O) groups excluding carboxylic acids is 1. The van der Waals surface area contributed by atoms with Crippen molar-refractivity contribution in [1.29, 1.82) is 0 Å². The van der Waals surface area contributed by atoms with Crippen molar-refractivity contribution >= 4 is 23.3 Å². The smallest absolute Gasteiger partial charge is 0.320 e. The first-order valence-corrected chi connectivity index (χ1v) is 8.17. The highest BCUT2D eigenvalue weighted by Crippen LogP contribution is 2.28. The van der Waals surface area contributed by atoms with Gasteiger partial charge >= 0.3 is 6.03 Å². The predicted molar refractivity (Wildman–Crippen MR) is 85.8 cm³/mol. The van der Waals surface area contributed by atoms with Crippen molar-refractivity contribution in [2.45, 2.75) is 44.2 Å². The Morgan fingerprint density at radius 1 is 1.33 bits per heavy atom. The molecule has 5 heteroatoms. The van der Waals surface area contributed by atoms with Gasteiger partial charge in [-0.2, -0.15) is 0 Å². The zero-order valence-electron chi connectivity index (χ0n) is 12.1. The predicted octanol–water partition coefficient (Wildman–Crippen LogP) is 3.48. The molecule has 2 aliphatic rings. The molecule has 2 amide bonds. The molecular weight excluding hydrogens is 286 g/mol. The molecule has 1 heterocycles. The maximum absolute atomic E-state index is 12.5. The normalized spacial score (nSPS) is 21.9. The molecule has 1 saturated carbocycles. The van der Waals surface area contributed by atoms with Gasteiger partial charge in [-0.3, -0.25) is 0 Å². The Hall–Kier alpha value is -1.26. The molecule has 4 nitrogen and oxygen atoms in total. The lowest BCUT2D eigenvalue weighted by Crippen LogP contribution is -2.48. The fourth-order valence-corrected chi connectivity index (χ4v) is 3.05. The van der Waals surface area contributed by atoms with Gasteiger partial charge in [-0.15, -0.1) is 0 Å². The van der Waals surface area contributed by atoms with E-state index in [9.17, 15) is 4.79 Å². The summed E-state index contributed by atoms with van der Waals surface area (Å²) >= 11 is 5.96. The van der Waals surface area contributed by atoms with Crippen LogP contribution in [0.3, 0.4) is 0 Å². The highest BCUT2D eigenvalue weighted by atomic mass is 35.5. The van der Waals surface area contributed by atoms with Gasteiger partial charge in [-0.25, -0.2) is 4.79 Å². The lowest BCUT2D eigenvalue weighted by atomic mass is 10.0. The van der Waals surface area contributed by atoms with Crippen molar-refractivity contribution < 1.29 is 4.79 Å². The van der Waals surface area contributed by atoms with E-state index < -0.39 is 0 Å². The van der Waals surface area contributed by atoms with Crippen LogP contribution in [0.2, 0.25) is 5.02 Å². The Morgan fingerprint density at radius 2 is 2.19 bits per heavy atom. The first-order chi connectivity index (χ1) is 10.2. The molecule has 1 aliphatic heterocycles. The van der Waals surface area contributed by atoms with E-state index in [1.165, 1.54) is 12.8 Å². The number of nitrogens with one attached hydrogen (secondary N) is 2. The highest BCUT2D eigenvalue weighted by molar-refractivity contribution is 6.30. The molecule has 0 spiro atoms. The number of hydrogen-bond donors (Lipinski definition) is 2. The van der Waals surface area contributed by atoms with Gasteiger partial charge in [0.05, 0.1) is 0 Å². The summed E-state index contributed by atoms with van der Waals surface area (Å²) in [7, 11) is 0. The van der Waals surface area contributed by atoms with Crippen LogP contribution in [0.1, 0.15) is 32.1 Å². The molecule has 114 valence electrons. The van der Waals surface area contributed by atoms with E-state index in [4.69, 9.17) is 11.6 Å². The Balaban J connectivity index is 1.61. The van der Waals surface area contributed by atoms with Crippen LogP contribution < -0.4 is 10.6 Å². The van der Waals surface area contributed by atoms with E-state index >= 15 is 0 Å². The summed E-state index contributed by atoms with van der Waals surface area (Å²) in [4.78, 5) is 14.5. The van der Waals surface area contributed by atoms with Crippen molar-refractivity contribution in [3.63, 3.8) is 0 Å². The number of anilines is 1. The van der Waals surface area contributed by atoms with Crippen molar-refractivity contribution in [3.05, 3.63) is 29.3 Å². The Morgan fingerprint density at radius 3 is 2.86 bits per heavy atom. The third-order valence-corrected chi connectivity index (χ3v) is 4.39. The average molecular weight is 308 g/mol. The van der Waals surface area contributed by atoms with Crippen LogP contribution >= 0.6 is 11.6 Å². The third kappa shape index (κ3) is 4.11. The van der Waals surface area contributed by atoms with Crippen molar-refractivity contribution in [2.75, 3.05) is 18.4 Å². The molecule has 1 aromatic rings. The summed E-state index contributed by atoms with van der Waals surface area (Å²) in [5.41, 5.74) is 0.759. The second kappa shape index (κ2) is 6.67. The number of rotatable bonds is 4. The fraction of sp³-hybridized carbons (Fsp3) is 0.562. The molecule has 0 radical (unpaired) electrons. The second-order valence-electron chi connectivity index (χ2n) is 5.97. The molecule has 3 rings (SSSR count). The van der Waals surface area contributed by atoms with Crippen LogP contribution in [0.4, 0.5) is 10.5 Å². The molecular formula is C16H22ClN3O. The quantitative estimate of drug-likeness (QED) is 0.894. The Kier molecular flexibility index (Phi) is 4.66. The van der Waals surface area contributed by atoms with Gasteiger partial charge in [-0.1, -0.05) is 24.1 Å². The van der Waals surface area contributed by atoms with Crippen molar-refractivity contribution in [2.24, 2.45) is 0 Å². The van der Waals surface area contributed by atoms with Gasteiger partial charge in [0.15, 0.2) is 0 Å². The lowest BCUT2D eigenvalue weighted by Gasteiger charge is -2.30. The fourth-order valence-electron chi connectivity index (χ4n) is 2.86. The van der Waals surface area contributed by atoms with Crippen molar-refractivity contribution in [1.82, 2.24) is 10.2 Å². The van der Waals surface area contributed by atoms with Gasteiger partial charge in [0.1, 0.15) is 0 Å². The number of halogens is 1. The largest absolute Gasteiger partial charge is 0.322 e. The van der Waals surface area contributed by atoms with Gasteiger partial charge in [0, 0.05) is 29.3 Å². The molecule has 1 aromatic carbocycles. The van der Waals surface area contributed by atoms with E-state index in [-0.39, 0.29) is 6.03 Å². The van der Waals surface area contributed by atoms with E-state index in [1.54, 1.807) is 6.07 Å². The molecule has 2 fully saturated rings. The maximum atomic E-state index is 12.5. The summed E-state index contributed by atoms with van der Waals surface area (Å²) in [6.45, 7) is 1.87. The standard InChI is InChI=1S/C16H22ClN3O/c17-12-4-3-6-13(10-12)19-16(21)20(15-7-8-15)11-14-5-1-2-9-18-14/h3-4,6,10,14-15,18H,1-2,5,7-9,11H2,(H,19,21). The topological polar surface area (TPSA) is 44.4 Å². The van der Waals surface area contributed by atoms with Gasteiger partial charge in [-0.05, 0) is 50.4 Å². The third-order valence-electron chi connectivity index (χ3n) is 4.15. The van der Waals surface area contributed by atoms with Crippen LogP contribution in [0.25, 0.3) is 0 Å².